The van der Waals surface area contributed by atoms with Gasteiger partial charge in [0.1, 0.15) is 24.2 Å². The molecule has 1 aliphatic rings. The minimum absolute atomic E-state index is 0.188. The second-order valence-electron chi connectivity index (χ2n) is 6.34. The Balaban J connectivity index is 3.23. The van der Waals surface area contributed by atoms with Gasteiger partial charge in [-0.3, -0.25) is 14.4 Å². The number of rotatable bonds is 7. The Morgan fingerprint density at radius 2 is 2.09 bits per heavy atom. The van der Waals surface area contributed by atoms with E-state index in [-0.39, 0.29) is 18.8 Å². The third-order valence-electron chi connectivity index (χ3n) is 3.95. The standard InChI is InChI=1S/C17H25NO5/c1-6-8-12(19)13-11(18-23-9-7-2)10-17(3,4)14(15(13)20)16(21)22-5/h7,13-14H,2,6,8-10H2,1,3-5H3/b18-11-/t13-,14+/m1/s1. The molecule has 1 saturated carbocycles. The lowest BCUT2D eigenvalue weighted by Gasteiger charge is -2.39. The summed E-state index contributed by atoms with van der Waals surface area (Å²) >= 11 is 0. The Kier molecular flexibility index (Phi) is 6.66. The van der Waals surface area contributed by atoms with E-state index in [0.717, 1.165) is 0 Å². The molecule has 1 fully saturated rings. The molecule has 2 atom stereocenters. The molecule has 1 aliphatic carbocycles. The van der Waals surface area contributed by atoms with Gasteiger partial charge in [0.15, 0.2) is 5.78 Å². The maximum absolute atomic E-state index is 12.8. The molecule has 6 heteroatoms. The number of carbonyl (C=O) groups is 3. The van der Waals surface area contributed by atoms with Gasteiger partial charge in [0.05, 0.1) is 12.8 Å². The number of oxime groups is 1. The summed E-state index contributed by atoms with van der Waals surface area (Å²) in [7, 11) is 1.24. The first-order valence-corrected chi connectivity index (χ1v) is 7.74. The van der Waals surface area contributed by atoms with Crippen LogP contribution in [-0.2, 0) is 24.0 Å². The van der Waals surface area contributed by atoms with Crippen molar-refractivity contribution < 1.29 is 24.0 Å². The number of hydrogen-bond acceptors (Lipinski definition) is 6. The quantitative estimate of drug-likeness (QED) is 0.236. The Hall–Kier alpha value is -1.98. The van der Waals surface area contributed by atoms with Gasteiger partial charge in [-0.05, 0) is 18.3 Å². The molecule has 1 rings (SSSR count). The van der Waals surface area contributed by atoms with Crippen LogP contribution in [0.1, 0.15) is 40.0 Å². The van der Waals surface area contributed by atoms with E-state index in [2.05, 4.69) is 11.7 Å². The first-order chi connectivity index (χ1) is 10.8. The average Bonchev–Trinajstić information content (AvgIpc) is 2.46. The van der Waals surface area contributed by atoms with Crippen LogP contribution < -0.4 is 0 Å². The highest BCUT2D eigenvalue weighted by Crippen LogP contribution is 2.41. The molecule has 0 amide bonds. The number of ketones is 2. The van der Waals surface area contributed by atoms with Crippen LogP contribution in [0.3, 0.4) is 0 Å². The van der Waals surface area contributed by atoms with Crippen LogP contribution in [0.5, 0.6) is 0 Å². The molecule has 0 aliphatic heterocycles. The molecule has 0 spiro atoms. The van der Waals surface area contributed by atoms with Crippen LogP contribution in [0.25, 0.3) is 0 Å². The largest absolute Gasteiger partial charge is 0.468 e. The normalized spacial score (nSPS) is 25.0. The van der Waals surface area contributed by atoms with E-state index in [4.69, 9.17) is 9.57 Å². The fraction of sp³-hybridized carbons (Fsp3) is 0.647. The van der Waals surface area contributed by atoms with Crippen molar-refractivity contribution in [3.63, 3.8) is 0 Å². The summed E-state index contributed by atoms with van der Waals surface area (Å²) in [5.74, 6) is -3.30. The first kappa shape index (κ1) is 19.1. The topological polar surface area (TPSA) is 82.0 Å². The maximum Gasteiger partial charge on any atom is 0.316 e. The van der Waals surface area contributed by atoms with E-state index < -0.39 is 29.0 Å². The van der Waals surface area contributed by atoms with Gasteiger partial charge >= 0.3 is 5.97 Å². The Labute approximate surface area is 136 Å². The Morgan fingerprint density at radius 1 is 1.43 bits per heavy atom. The molecule has 6 nitrogen and oxygen atoms in total. The molecule has 0 N–H and O–H groups in total. The van der Waals surface area contributed by atoms with E-state index in [9.17, 15) is 14.4 Å². The number of Topliss-reactive ketones (excluding diaryl/α,β-unsaturated/α-hetero) is 2. The predicted molar refractivity (Wildman–Crippen MR) is 85.9 cm³/mol. The second kappa shape index (κ2) is 8.04. The van der Waals surface area contributed by atoms with Crippen molar-refractivity contribution in [1.82, 2.24) is 0 Å². The van der Waals surface area contributed by atoms with E-state index in [1.807, 2.05) is 6.92 Å². The molecule has 128 valence electrons. The Morgan fingerprint density at radius 3 is 2.61 bits per heavy atom. The molecule has 0 bridgehead atoms. The molecule has 0 aromatic rings. The maximum atomic E-state index is 12.8. The first-order valence-electron chi connectivity index (χ1n) is 7.74. The van der Waals surface area contributed by atoms with Crippen LogP contribution >= 0.6 is 0 Å². The fourth-order valence-electron chi connectivity index (χ4n) is 2.93. The van der Waals surface area contributed by atoms with Crippen molar-refractivity contribution >= 4 is 23.2 Å². The molecule has 23 heavy (non-hydrogen) atoms. The SMILES string of the molecule is C=CCO/N=C1/CC(C)(C)[C@H](C(=O)OC)C(=O)[C@H]1C(=O)CCC. The van der Waals surface area contributed by atoms with Crippen LogP contribution in [0, 0.1) is 17.3 Å². The molecule has 0 heterocycles. The summed E-state index contributed by atoms with van der Waals surface area (Å²) in [4.78, 5) is 42.4. The number of hydrogen-bond donors (Lipinski definition) is 0. The zero-order valence-corrected chi connectivity index (χ0v) is 14.3. The van der Waals surface area contributed by atoms with Crippen molar-refractivity contribution in [3.05, 3.63) is 12.7 Å². The van der Waals surface area contributed by atoms with Crippen LogP contribution in [0.4, 0.5) is 0 Å². The monoisotopic (exact) mass is 323 g/mol. The summed E-state index contributed by atoms with van der Waals surface area (Å²) in [6.45, 7) is 9.15. The Bertz CT molecular complexity index is 521. The van der Waals surface area contributed by atoms with E-state index >= 15 is 0 Å². The zero-order chi connectivity index (χ0) is 17.6. The molecule has 0 unspecified atom stereocenters. The minimum Gasteiger partial charge on any atom is -0.468 e. The van der Waals surface area contributed by atoms with Gasteiger partial charge in [0, 0.05) is 6.42 Å². The van der Waals surface area contributed by atoms with Gasteiger partial charge < -0.3 is 9.57 Å². The number of ether oxygens (including phenoxy) is 1. The average molecular weight is 323 g/mol. The van der Waals surface area contributed by atoms with Crippen molar-refractivity contribution in [2.75, 3.05) is 13.7 Å². The molecule has 0 radical (unpaired) electrons. The van der Waals surface area contributed by atoms with Gasteiger partial charge in [0.2, 0.25) is 0 Å². The summed E-state index contributed by atoms with van der Waals surface area (Å²) < 4.78 is 4.76. The van der Waals surface area contributed by atoms with Crippen LogP contribution in [0.15, 0.2) is 17.8 Å². The van der Waals surface area contributed by atoms with Gasteiger partial charge in [0.25, 0.3) is 0 Å². The minimum atomic E-state index is -1.03. The van der Waals surface area contributed by atoms with Crippen LogP contribution in [0.2, 0.25) is 0 Å². The van der Waals surface area contributed by atoms with E-state index in [1.165, 1.54) is 13.2 Å². The lowest BCUT2D eigenvalue weighted by molar-refractivity contribution is -0.156. The molecule has 0 aromatic heterocycles. The third-order valence-corrected chi connectivity index (χ3v) is 3.95. The van der Waals surface area contributed by atoms with Gasteiger partial charge in [-0.15, -0.1) is 0 Å². The highest BCUT2D eigenvalue weighted by molar-refractivity contribution is 6.26. The number of methoxy groups -OCH3 is 1. The predicted octanol–water partition coefficient (Wildman–Crippen LogP) is 2.32. The number of nitrogens with zero attached hydrogens (tertiary/aromatic N) is 1. The molecule has 0 saturated heterocycles. The fourth-order valence-corrected chi connectivity index (χ4v) is 2.93. The summed E-state index contributed by atoms with van der Waals surface area (Å²) in [5, 5.41) is 3.97. The second-order valence-corrected chi connectivity index (χ2v) is 6.34. The van der Waals surface area contributed by atoms with Crippen LogP contribution in [-0.4, -0.2) is 37.0 Å². The van der Waals surface area contributed by atoms with Gasteiger partial charge in [-0.25, -0.2) is 0 Å². The number of carbonyl (C=O) groups excluding carboxylic acids is 3. The third kappa shape index (κ3) is 4.27. The molecular weight excluding hydrogens is 298 g/mol. The summed E-state index contributed by atoms with van der Waals surface area (Å²) in [5.41, 5.74) is -0.316. The van der Waals surface area contributed by atoms with Crippen molar-refractivity contribution in [3.8, 4) is 0 Å². The lowest BCUT2D eigenvalue weighted by atomic mass is 9.62. The summed E-state index contributed by atoms with van der Waals surface area (Å²) in [6, 6.07) is 0. The van der Waals surface area contributed by atoms with Gasteiger partial charge in [-0.2, -0.15) is 0 Å². The lowest BCUT2D eigenvalue weighted by Crippen LogP contribution is -2.52. The van der Waals surface area contributed by atoms with Crippen molar-refractivity contribution in [2.24, 2.45) is 22.4 Å². The number of esters is 1. The van der Waals surface area contributed by atoms with Crippen molar-refractivity contribution in [2.45, 2.75) is 40.0 Å². The molecule has 0 aromatic carbocycles. The summed E-state index contributed by atoms with van der Waals surface area (Å²) in [6.07, 6.45) is 2.72. The zero-order valence-electron chi connectivity index (χ0n) is 14.3. The van der Waals surface area contributed by atoms with E-state index in [1.54, 1.807) is 13.8 Å². The van der Waals surface area contributed by atoms with E-state index in [0.29, 0.717) is 18.6 Å². The smallest absolute Gasteiger partial charge is 0.316 e. The van der Waals surface area contributed by atoms with Gasteiger partial charge in [-0.1, -0.05) is 38.6 Å². The highest BCUT2D eigenvalue weighted by atomic mass is 16.6. The van der Waals surface area contributed by atoms with Crippen molar-refractivity contribution in [1.29, 1.82) is 0 Å². The highest BCUT2D eigenvalue weighted by Gasteiger charge is 2.52. The molecular formula is C17H25NO5.